The highest BCUT2D eigenvalue weighted by atomic mass is 32.2. The van der Waals surface area contributed by atoms with E-state index >= 15 is 0 Å². The second-order valence-electron chi connectivity index (χ2n) is 5.16. The number of benzene rings is 1. The molecule has 2 rings (SSSR count). The van der Waals surface area contributed by atoms with Crippen molar-refractivity contribution in [1.82, 2.24) is 4.31 Å². The number of halogens is 1. The molecule has 20 heavy (non-hydrogen) atoms. The van der Waals surface area contributed by atoms with Crippen molar-refractivity contribution < 1.29 is 17.9 Å². The molecule has 7 heteroatoms. The number of piperidine rings is 1. The van der Waals surface area contributed by atoms with E-state index in [2.05, 4.69) is 0 Å². The molecular formula is C13H15FN2O3S. The van der Waals surface area contributed by atoms with E-state index in [-0.39, 0.29) is 18.0 Å². The predicted octanol–water partition coefficient (Wildman–Crippen LogP) is 1.23. The van der Waals surface area contributed by atoms with Crippen LogP contribution in [0.25, 0.3) is 0 Å². The van der Waals surface area contributed by atoms with Crippen molar-refractivity contribution in [2.75, 3.05) is 13.1 Å². The Morgan fingerprint density at radius 3 is 2.80 bits per heavy atom. The molecule has 0 amide bonds. The third kappa shape index (κ3) is 2.68. The lowest BCUT2D eigenvalue weighted by Gasteiger charge is -2.36. The fourth-order valence-corrected chi connectivity index (χ4v) is 4.09. The second-order valence-corrected chi connectivity index (χ2v) is 7.07. The van der Waals surface area contributed by atoms with Gasteiger partial charge in [0.25, 0.3) is 0 Å². The molecule has 1 aliphatic rings. The minimum Gasteiger partial charge on any atom is -0.389 e. The number of nitriles is 1. The lowest BCUT2D eigenvalue weighted by Crippen LogP contribution is -2.48. The van der Waals surface area contributed by atoms with Crippen molar-refractivity contribution in [3.8, 4) is 6.07 Å². The minimum atomic E-state index is -3.99. The van der Waals surface area contributed by atoms with Gasteiger partial charge in [-0.1, -0.05) is 6.07 Å². The van der Waals surface area contributed by atoms with Crippen LogP contribution in [0.3, 0.4) is 0 Å². The van der Waals surface area contributed by atoms with Crippen LogP contribution in [0.4, 0.5) is 4.39 Å². The molecule has 1 saturated heterocycles. The molecule has 1 aromatic carbocycles. The average Bonchev–Trinajstić information content (AvgIpc) is 2.37. The predicted molar refractivity (Wildman–Crippen MR) is 69.7 cm³/mol. The van der Waals surface area contributed by atoms with Crippen molar-refractivity contribution in [2.24, 2.45) is 0 Å². The fraction of sp³-hybridized carbons (Fsp3) is 0.462. The Morgan fingerprint density at radius 1 is 1.50 bits per heavy atom. The standard InChI is InChI=1S/C13H15FN2O3S/c1-13(17)6-3-7-16(9-13)20(18,19)12-5-2-4-11(14)10(12)8-15/h2,4-5,17H,3,6-7,9H2,1H3. The molecule has 108 valence electrons. The fourth-order valence-electron chi connectivity index (χ4n) is 2.35. The molecule has 1 aliphatic heterocycles. The van der Waals surface area contributed by atoms with Crippen LogP contribution in [0.2, 0.25) is 0 Å². The molecule has 1 N–H and O–H groups in total. The maximum Gasteiger partial charge on any atom is 0.244 e. The Hall–Kier alpha value is -1.49. The number of sulfonamides is 1. The molecule has 0 saturated carbocycles. The van der Waals surface area contributed by atoms with Crippen LogP contribution < -0.4 is 0 Å². The number of rotatable bonds is 2. The average molecular weight is 298 g/mol. The third-order valence-electron chi connectivity index (χ3n) is 3.34. The van der Waals surface area contributed by atoms with Gasteiger partial charge in [0.05, 0.1) is 5.60 Å². The van der Waals surface area contributed by atoms with Crippen molar-refractivity contribution in [1.29, 1.82) is 5.26 Å². The number of β-amino-alcohol motifs (C(OH)–C–C–N with tert-alkyl or cyclic N) is 1. The maximum absolute atomic E-state index is 13.5. The summed E-state index contributed by atoms with van der Waals surface area (Å²) in [5.74, 6) is -0.864. The molecule has 1 heterocycles. The summed E-state index contributed by atoms with van der Waals surface area (Å²) in [6.45, 7) is 1.75. The van der Waals surface area contributed by atoms with Gasteiger partial charge in [-0.05, 0) is 31.9 Å². The van der Waals surface area contributed by atoms with E-state index < -0.39 is 27.0 Å². The Morgan fingerprint density at radius 2 is 2.20 bits per heavy atom. The molecule has 1 aromatic rings. The monoisotopic (exact) mass is 298 g/mol. The first-order chi connectivity index (χ1) is 9.28. The highest BCUT2D eigenvalue weighted by Crippen LogP contribution is 2.28. The van der Waals surface area contributed by atoms with Gasteiger partial charge in [0.2, 0.25) is 10.0 Å². The molecule has 0 spiro atoms. The molecule has 0 aromatic heterocycles. The minimum absolute atomic E-state index is 0.0588. The van der Waals surface area contributed by atoms with Gasteiger partial charge in [-0.15, -0.1) is 0 Å². The Bertz CT molecular complexity index is 665. The van der Waals surface area contributed by atoms with Crippen LogP contribution in [-0.4, -0.2) is 36.5 Å². The summed E-state index contributed by atoms with van der Waals surface area (Å²) in [7, 11) is -3.99. The van der Waals surface area contributed by atoms with E-state index in [4.69, 9.17) is 5.26 Å². The Kier molecular flexibility index (Phi) is 3.82. The SMILES string of the molecule is CC1(O)CCCN(S(=O)(=O)c2cccc(F)c2C#N)C1. The lowest BCUT2D eigenvalue weighted by molar-refractivity contribution is 0.00939. The Labute approximate surface area is 117 Å². The number of hydrogen-bond donors (Lipinski definition) is 1. The van der Waals surface area contributed by atoms with Gasteiger partial charge >= 0.3 is 0 Å². The van der Waals surface area contributed by atoms with Gasteiger partial charge in [-0.25, -0.2) is 12.8 Å². The highest BCUT2D eigenvalue weighted by molar-refractivity contribution is 7.89. The van der Waals surface area contributed by atoms with E-state index in [9.17, 15) is 17.9 Å². The molecule has 0 aliphatic carbocycles. The van der Waals surface area contributed by atoms with E-state index in [1.54, 1.807) is 13.0 Å². The second kappa shape index (κ2) is 5.13. The highest BCUT2D eigenvalue weighted by Gasteiger charge is 2.36. The van der Waals surface area contributed by atoms with E-state index in [0.717, 1.165) is 10.4 Å². The van der Waals surface area contributed by atoms with Crippen molar-refractivity contribution in [2.45, 2.75) is 30.3 Å². The molecule has 1 atom stereocenters. The molecule has 0 bridgehead atoms. The van der Waals surface area contributed by atoms with Gasteiger partial charge in [-0.2, -0.15) is 9.57 Å². The van der Waals surface area contributed by atoms with E-state index in [0.29, 0.717) is 12.8 Å². The van der Waals surface area contributed by atoms with Crippen molar-refractivity contribution in [3.05, 3.63) is 29.6 Å². The van der Waals surface area contributed by atoms with Crippen LogP contribution >= 0.6 is 0 Å². The molecule has 0 radical (unpaired) electrons. The summed E-state index contributed by atoms with van der Waals surface area (Å²) in [5.41, 5.74) is -1.59. The van der Waals surface area contributed by atoms with Crippen LogP contribution in [0.1, 0.15) is 25.3 Å². The summed E-state index contributed by atoms with van der Waals surface area (Å²) in [5, 5.41) is 18.9. The van der Waals surface area contributed by atoms with Gasteiger partial charge in [0, 0.05) is 13.1 Å². The maximum atomic E-state index is 13.5. The van der Waals surface area contributed by atoms with Crippen LogP contribution in [-0.2, 0) is 10.0 Å². The van der Waals surface area contributed by atoms with E-state index in [1.165, 1.54) is 12.1 Å². The summed E-state index contributed by atoms with van der Waals surface area (Å²) >= 11 is 0. The lowest BCUT2D eigenvalue weighted by atomic mass is 9.97. The third-order valence-corrected chi connectivity index (χ3v) is 5.23. The number of nitrogens with zero attached hydrogens (tertiary/aromatic N) is 2. The molecule has 1 unspecified atom stereocenters. The molecule has 5 nitrogen and oxygen atoms in total. The number of aliphatic hydroxyl groups is 1. The summed E-state index contributed by atoms with van der Waals surface area (Å²) < 4.78 is 39.7. The summed E-state index contributed by atoms with van der Waals surface area (Å²) in [6, 6.07) is 5.10. The van der Waals surface area contributed by atoms with Gasteiger partial charge in [-0.3, -0.25) is 0 Å². The number of hydrogen-bond acceptors (Lipinski definition) is 4. The van der Waals surface area contributed by atoms with Crippen molar-refractivity contribution >= 4 is 10.0 Å². The zero-order chi connectivity index (χ0) is 15.0. The first kappa shape index (κ1) is 14.9. The molecule has 1 fully saturated rings. The molecular weight excluding hydrogens is 283 g/mol. The first-order valence-corrected chi connectivity index (χ1v) is 7.63. The summed E-state index contributed by atoms with van der Waals surface area (Å²) in [4.78, 5) is -0.349. The smallest absolute Gasteiger partial charge is 0.244 e. The van der Waals surface area contributed by atoms with Crippen molar-refractivity contribution in [3.63, 3.8) is 0 Å². The zero-order valence-electron chi connectivity index (χ0n) is 11.0. The Balaban J connectivity index is 2.47. The normalized spacial score (nSPS) is 24.3. The van der Waals surface area contributed by atoms with E-state index in [1.807, 2.05) is 0 Å². The van der Waals surface area contributed by atoms with Crippen LogP contribution in [0.15, 0.2) is 23.1 Å². The quantitative estimate of drug-likeness (QED) is 0.890. The largest absolute Gasteiger partial charge is 0.389 e. The first-order valence-electron chi connectivity index (χ1n) is 6.19. The van der Waals surface area contributed by atoms with Crippen LogP contribution in [0.5, 0.6) is 0 Å². The summed E-state index contributed by atoms with van der Waals surface area (Å²) in [6.07, 6.45) is 1.02. The van der Waals surface area contributed by atoms with Gasteiger partial charge in [0.1, 0.15) is 22.3 Å². The van der Waals surface area contributed by atoms with Gasteiger partial charge in [0.15, 0.2) is 0 Å². The van der Waals surface area contributed by atoms with Gasteiger partial charge < -0.3 is 5.11 Å². The van der Waals surface area contributed by atoms with Crippen LogP contribution in [0, 0.1) is 17.1 Å². The topological polar surface area (TPSA) is 81.4 Å². The zero-order valence-corrected chi connectivity index (χ0v) is 11.8.